The second kappa shape index (κ2) is 10.2. The van der Waals surface area contributed by atoms with Crippen molar-refractivity contribution in [2.75, 3.05) is 0 Å². The minimum Gasteiger partial charge on any atom is -0.103 e. The third-order valence-corrected chi connectivity index (χ3v) is 1.72. The Morgan fingerprint density at radius 1 is 0.667 bits per heavy atom. The van der Waals surface area contributed by atoms with Gasteiger partial charge in [-0.1, -0.05) is 24.3 Å². The van der Waals surface area contributed by atoms with Crippen molar-refractivity contribution in [2.45, 2.75) is 38.5 Å². The smallest absolute Gasteiger partial charge is 0.0348 e. The first-order valence-corrected chi connectivity index (χ1v) is 4.78. The summed E-state index contributed by atoms with van der Waals surface area (Å²) < 4.78 is 0. The molecular formula is C12H20. The maximum atomic E-state index is 3.68. The molecule has 0 heteroatoms. The first-order valence-electron chi connectivity index (χ1n) is 4.78. The van der Waals surface area contributed by atoms with Crippen LogP contribution >= 0.6 is 0 Å². The molecule has 0 aliphatic carbocycles. The van der Waals surface area contributed by atoms with Crippen molar-refractivity contribution in [3.05, 3.63) is 37.5 Å². The average Bonchev–Trinajstić information content (AvgIpc) is 2.10. The van der Waals surface area contributed by atoms with Gasteiger partial charge in [-0.2, -0.15) is 0 Å². The number of hydrogen-bond donors (Lipinski definition) is 0. The van der Waals surface area contributed by atoms with Crippen LogP contribution < -0.4 is 0 Å². The highest BCUT2D eigenvalue weighted by molar-refractivity contribution is 4.83. The molecule has 0 bridgehead atoms. The van der Waals surface area contributed by atoms with Crippen molar-refractivity contribution in [1.82, 2.24) is 0 Å². The SMILES string of the molecule is C=CCCC/C=C\CCCC=C. The molecule has 0 nitrogen and oxygen atoms in total. The second-order valence-electron chi connectivity index (χ2n) is 2.91. The number of rotatable bonds is 8. The zero-order valence-electron chi connectivity index (χ0n) is 7.97. The lowest BCUT2D eigenvalue weighted by Crippen LogP contribution is -1.70. The highest BCUT2D eigenvalue weighted by atomic mass is 13.9. The van der Waals surface area contributed by atoms with E-state index in [4.69, 9.17) is 0 Å². The molecule has 0 radical (unpaired) electrons. The van der Waals surface area contributed by atoms with Crippen LogP contribution in [0.4, 0.5) is 0 Å². The summed E-state index contributed by atoms with van der Waals surface area (Å²) in [6.45, 7) is 7.37. The summed E-state index contributed by atoms with van der Waals surface area (Å²) in [6.07, 6.45) is 15.6. The van der Waals surface area contributed by atoms with E-state index in [1.807, 2.05) is 12.2 Å². The molecule has 0 aliphatic heterocycles. The third kappa shape index (κ3) is 9.22. The summed E-state index contributed by atoms with van der Waals surface area (Å²) in [5, 5.41) is 0. The van der Waals surface area contributed by atoms with Crippen LogP contribution in [0.3, 0.4) is 0 Å². The van der Waals surface area contributed by atoms with Gasteiger partial charge in [-0.15, -0.1) is 13.2 Å². The fourth-order valence-corrected chi connectivity index (χ4v) is 0.996. The van der Waals surface area contributed by atoms with E-state index in [1.165, 1.54) is 25.7 Å². The lowest BCUT2D eigenvalue weighted by molar-refractivity contribution is 0.842. The Labute approximate surface area is 76.7 Å². The van der Waals surface area contributed by atoms with Gasteiger partial charge in [0.15, 0.2) is 0 Å². The van der Waals surface area contributed by atoms with Crippen LogP contribution in [0.25, 0.3) is 0 Å². The van der Waals surface area contributed by atoms with Gasteiger partial charge in [-0.3, -0.25) is 0 Å². The van der Waals surface area contributed by atoms with Crippen LogP contribution in [0.15, 0.2) is 37.5 Å². The average molecular weight is 164 g/mol. The van der Waals surface area contributed by atoms with Crippen molar-refractivity contribution < 1.29 is 0 Å². The van der Waals surface area contributed by atoms with Gasteiger partial charge in [-0.25, -0.2) is 0 Å². The van der Waals surface area contributed by atoms with E-state index >= 15 is 0 Å². The quantitative estimate of drug-likeness (QED) is 0.371. The Kier molecular flexibility index (Phi) is 9.56. The van der Waals surface area contributed by atoms with Gasteiger partial charge in [0.05, 0.1) is 0 Å². The summed E-state index contributed by atoms with van der Waals surface area (Å²) >= 11 is 0. The highest BCUT2D eigenvalue weighted by Crippen LogP contribution is 2.00. The third-order valence-electron chi connectivity index (χ3n) is 1.72. The van der Waals surface area contributed by atoms with Crippen molar-refractivity contribution >= 4 is 0 Å². The van der Waals surface area contributed by atoms with Crippen molar-refractivity contribution in [2.24, 2.45) is 0 Å². The standard InChI is InChI=1S/C12H20/c1-3-5-7-9-11-12-10-8-6-4-2/h3-4,11-12H,1-2,5-10H2/b12-11-. The van der Waals surface area contributed by atoms with Crippen LogP contribution in [-0.4, -0.2) is 0 Å². The molecule has 0 saturated heterocycles. The summed E-state index contributed by atoms with van der Waals surface area (Å²) in [5.74, 6) is 0. The zero-order chi connectivity index (χ0) is 9.07. The van der Waals surface area contributed by atoms with Crippen LogP contribution in [0, 0.1) is 0 Å². The van der Waals surface area contributed by atoms with Crippen molar-refractivity contribution in [3.8, 4) is 0 Å². The topological polar surface area (TPSA) is 0 Å². The van der Waals surface area contributed by atoms with E-state index in [9.17, 15) is 0 Å². The molecular weight excluding hydrogens is 144 g/mol. The molecule has 0 aromatic heterocycles. The lowest BCUT2D eigenvalue weighted by Gasteiger charge is -1.90. The largest absolute Gasteiger partial charge is 0.103 e. The van der Waals surface area contributed by atoms with Crippen LogP contribution in [-0.2, 0) is 0 Å². The molecule has 0 atom stereocenters. The lowest BCUT2D eigenvalue weighted by atomic mass is 10.2. The van der Waals surface area contributed by atoms with Gasteiger partial charge in [0.25, 0.3) is 0 Å². The molecule has 68 valence electrons. The first kappa shape index (κ1) is 11.2. The predicted octanol–water partition coefficient (Wildman–Crippen LogP) is 4.26. The fraction of sp³-hybridized carbons (Fsp3) is 0.500. The zero-order valence-corrected chi connectivity index (χ0v) is 7.97. The molecule has 0 aromatic rings. The molecule has 0 aromatic carbocycles. The molecule has 0 saturated carbocycles. The summed E-state index contributed by atoms with van der Waals surface area (Å²) in [6, 6.07) is 0. The van der Waals surface area contributed by atoms with Gasteiger partial charge in [-0.05, 0) is 38.5 Å². The highest BCUT2D eigenvalue weighted by Gasteiger charge is 1.80. The molecule has 0 amide bonds. The molecule has 0 aliphatic rings. The minimum absolute atomic E-state index is 1.14. The maximum Gasteiger partial charge on any atom is -0.0348 e. The Morgan fingerprint density at radius 2 is 1.08 bits per heavy atom. The number of allylic oxidation sites excluding steroid dienone is 4. The van der Waals surface area contributed by atoms with Crippen LogP contribution in [0.5, 0.6) is 0 Å². The Morgan fingerprint density at radius 3 is 1.42 bits per heavy atom. The van der Waals surface area contributed by atoms with Crippen LogP contribution in [0.1, 0.15) is 38.5 Å². The summed E-state index contributed by atoms with van der Waals surface area (Å²) in [5.41, 5.74) is 0. The summed E-state index contributed by atoms with van der Waals surface area (Å²) in [4.78, 5) is 0. The van der Waals surface area contributed by atoms with E-state index in [-0.39, 0.29) is 0 Å². The van der Waals surface area contributed by atoms with E-state index in [2.05, 4.69) is 25.3 Å². The van der Waals surface area contributed by atoms with Gasteiger partial charge < -0.3 is 0 Å². The van der Waals surface area contributed by atoms with E-state index in [1.54, 1.807) is 0 Å². The molecule has 0 unspecified atom stereocenters. The normalized spacial score (nSPS) is 10.3. The fourth-order valence-electron chi connectivity index (χ4n) is 0.996. The van der Waals surface area contributed by atoms with E-state index in [0.717, 1.165) is 12.8 Å². The summed E-state index contributed by atoms with van der Waals surface area (Å²) in [7, 11) is 0. The monoisotopic (exact) mass is 164 g/mol. The molecule has 0 heterocycles. The molecule has 0 fully saturated rings. The van der Waals surface area contributed by atoms with Crippen molar-refractivity contribution in [3.63, 3.8) is 0 Å². The Balaban J connectivity index is 3.02. The maximum absolute atomic E-state index is 3.68. The van der Waals surface area contributed by atoms with Gasteiger partial charge >= 0.3 is 0 Å². The van der Waals surface area contributed by atoms with Gasteiger partial charge in [0.2, 0.25) is 0 Å². The molecule has 0 rings (SSSR count). The van der Waals surface area contributed by atoms with Crippen LogP contribution in [0.2, 0.25) is 0 Å². The van der Waals surface area contributed by atoms with Gasteiger partial charge in [0, 0.05) is 0 Å². The van der Waals surface area contributed by atoms with Crippen molar-refractivity contribution in [1.29, 1.82) is 0 Å². The molecule has 0 N–H and O–H groups in total. The first-order chi connectivity index (χ1) is 5.91. The second-order valence-corrected chi connectivity index (χ2v) is 2.91. The minimum atomic E-state index is 1.14. The number of hydrogen-bond acceptors (Lipinski definition) is 0. The predicted molar refractivity (Wildman–Crippen MR) is 57.2 cm³/mol. The van der Waals surface area contributed by atoms with Gasteiger partial charge in [0.1, 0.15) is 0 Å². The Hall–Kier alpha value is -0.780. The Bertz CT molecular complexity index is 115. The van der Waals surface area contributed by atoms with E-state index < -0.39 is 0 Å². The number of unbranched alkanes of at least 4 members (excludes halogenated alkanes) is 4. The van der Waals surface area contributed by atoms with E-state index in [0.29, 0.717) is 0 Å². The molecule has 0 spiro atoms. The molecule has 12 heavy (non-hydrogen) atoms.